The SMILES string of the molecule is I.NC(=NC1CC1(F)c1ccccc1)NC1CCC1. The monoisotopic (exact) mass is 375 g/mol. The molecule has 0 heterocycles. The predicted molar refractivity (Wildman–Crippen MR) is 85.4 cm³/mol. The molecule has 2 unspecified atom stereocenters. The van der Waals surface area contributed by atoms with E-state index >= 15 is 0 Å². The Morgan fingerprint density at radius 3 is 2.58 bits per heavy atom. The second-order valence-electron chi connectivity index (χ2n) is 5.23. The number of hydrogen-bond donors (Lipinski definition) is 2. The first-order chi connectivity index (χ1) is 8.68. The minimum atomic E-state index is -1.31. The number of hydrogen-bond acceptors (Lipinski definition) is 1. The van der Waals surface area contributed by atoms with Crippen LogP contribution in [-0.2, 0) is 5.67 Å². The Hall–Kier alpha value is -0.850. The van der Waals surface area contributed by atoms with Crippen molar-refractivity contribution in [2.24, 2.45) is 10.7 Å². The van der Waals surface area contributed by atoms with Crippen molar-refractivity contribution in [1.29, 1.82) is 0 Å². The van der Waals surface area contributed by atoms with Gasteiger partial charge >= 0.3 is 0 Å². The zero-order valence-electron chi connectivity index (χ0n) is 10.7. The number of halogens is 2. The fourth-order valence-electron chi connectivity index (χ4n) is 2.36. The van der Waals surface area contributed by atoms with E-state index in [-0.39, 0.29) is 30.0 Å². The third-order valence-corrected chi connectivity index (χ3v) is 3.86. The molecule has 2 saturated carbocycles. The van der Waals surface area contributed by atoms with Gasteiger partial charge in [0, 0.05) is 12.5 Å². The zero-order valence-corrected chi connectivity index (χ0v) is 13.0. The lowest BCUT2D eigenvalue weighted by Crippen LogP contribution is -2.43. The summed E-state index contributed by atoms with van der Waals surface area (Å²) in [5.41, 5.74) is 5.19. The molecule has 0 saturated heterocycles. The van der Waals surface area contributed by atoms with Crippen LogP contribution in [0.4, 0.5) is 4.39 Å². The molecule has 0 bridgehead atoms. The second kappa shape index (κ2) is 5.64. The van der Waals surface area contributed by atoms with Gasteiger partial charge in [0.15, 0.2) is 11.6 Å². The second-order valence-corrected chi connectivity index (χ2v) is 5.23. The molecule has 0 amide bonds. The van der Waals surface area contributed by atoms with Crippen molar-refractivity contribution in [3.63, 3.8) is 0 Å². The summed E-state index contributed by atoms with van der Waals surface area (Å²) in [6.45, 7) is 0. The lowest BCUT2D eigenvalue weighted by molar-refractivity contribution is 0.306. The van der Waals surface area contributed by atoms with E-state index in [1.165, 1.54) is 6.42 Å². The number of rotatable bonds is 3. The molecule has 0 radical (unpaired) electrons. The van der Waals surface area contributed by atoms with Crippen molar-refractivity contribution in [2.45, 2.75) is 43.4 Å². The molecule has 2 atom stereocenters. The minimum Gasteiger partial charge on any atom is -0.370 e. The quantitative estimate of drug-likeness (QED) is 0.485. The predicted octanol–water partition coefficient (Wildman–Crippen LogP) is 2.70. The summed E-state index contributed by atoms with van der Waals surface area (Å²) in [6.07, 6.45) is 3.95. The molecule has 0 spiro atoms. The van der Waals surface area contributed by atoms with Gasteiger partial charge in [-0.3, -0.25) is 0 Å². The highest BCUT2D eigenvalue weighted by atomic mass is 127. The molecular weight excluding hydrogens is 356 g/mol. The number of alkyl halides is 1. The van der Waals surface area contributed by atoms with E-state index in [0.29, 0.717) is 24.0 Å². The fraction of sp³-hybridized carbons (Fsp3) is 0.500. The van der Waals surface area contributed by atoms with Gasteiger partial charge in [-0.1, -0.05) is 30.3 Å². The third kappa shape index (κ3) is 3.01. The highest BCUT2D eigenvalue weighted by molar-refractivity contribution is 14.0. The largest absolute Gasteiger partial charge is 0.370 e. The lowest BCUT2D eigenvalue weighted by atomic mass is 9.93. The van der Waals surface area contributed by atoms with Crippen molar-refractivity contribution >= 4 is 29.9 Å². The first kappa shape index (κ1) is 14.6. The Bertz CT molecular complexity index is 461. The maximum absolute atomic E-state index is 14.5. The molecule has 3 nitrogen and oxygen atoms in total. The van der Waals surface area contributed by atoms with E-state index in [9.17, 15) is 4.39 Å². The number of guanidine groups is 1. The summed E-state index contributed by atoms with van der Waals surface area (Å²) >= 11 is 0. The Balaban J connectivity index is 0.00000133. The van der Waals surface area contributed by atoms with Gasteiger partial charge in [-0.15, -0.1) is 24.0 Å². The van der Waals surface area contributed by atoms with Crippen molar-refractivity contribution < 1.29 is 4.39 Å². The highest BCUT2D eigenvalue weighted by Gasteiger charge is 2.57. The van der Waals surface area contributed by atoms with Crippen LogP contribution in [0.3, 0.4) is 0 Å². The lowest BCUT2D eigenvalue weighted by Gasteiger charge is -2.26. The van der Waals surface area contributed by atoms with E-state index in [4.69, 9.17) is 5.73 Å². The van der Waals surface area contributed by atoms with Crippen LogP contribution in [0.2, 0.25) is 0 Å². The van der Waals surface area contributed by atoms with E-state index in [1.54, 1.807) is 0 Å². The molecule has 0 aliphatic heterocycles. The van der Waals surface area contributed by atoms with Crippen LogP contribution in [-0.4, -0.2) is 18.0 Å². The van der Waals surface area contributed by atoms with Crippen LogP contribution < -0.4 is 11.1 Å². The average Bonchev–Trinajstić information content (AvgIpc) is 2.97. The topological polar surface area (TPSA) is 50.4 Å². The molecule has 104 valence electrons. The van der Waals surface area contributed by atoms with Gasteiger partial charge < -0.3 is 11.1 Å². The number of benzene rings is 1. The van der Waals surface area contributed by atoms with Gasteiger partial charge in [-0.25, -0.2) is 9.38 Å². The molecule has 2 aliphatic carbocycles. The normalized spacial score (nSPS) is 30.2. The molecular formula is C14H19FIN3. The van der Waals surface area contributed by atoms with Crippen LogP contribution in [0.5, 0.6) is 0 Å². The summed E-state index contributed by atoms with van der Waals surface area (Å²) in [5.74, 6) is 0.389. The van der Waals surface area contributed by atoms with E-state index in [1.807, 2.05) is 30.3 Å². The first-order valence-corrected chi connectivity index (χ1v) is 6.53. The van der Waals surface area contributed by atoms with Crippen molar-refractivity contribution in [3.8, 4) is 0 Å². The summed E-state index contributed by atoms with van der Waals surface area (Å²) in [7, 11) is 0. The number of nitrogens with one attached hydrogen (secondary N) is 1. The molecule has 2 fully saturated rings. The zero-order chi connectivity index (χ0) is 12.6. The summed E-state index contributed by atoms with van der Waals surface area (Å²) < 4.78 is 14.5. The fourth-order valence-corrected chi connectivity index (χ4v) is 2.36. The minimum absolute atomic E-state index is 0. The van der Waals surface area contributed by atoms with Gasteiger partial charge in [-0.05, 0) is 24.8 Å². The van der Waals surface area contributed by atoms with Crippen LogP contribution in [0, 0.1) is 0 Å². The smallest absolute Gasteiger partial charge is 0.189 e. The van der Waals surface area contributed by atoms with Gasteiger partial charge in [0.1, 0.15) is 0 Å². The van der Waals surface area contributed by atoms with Gasteiger partial charge in [0.05, 0.1) is 6.04 Å². The Labute approximate surface area is 129 Å². The maximum Gasteiger partial charge on any atom is 0.189 e. The van der Waals surface area contributed by atoms with Crippen molar-refractivity contribution in [3.05, 3.63) is 35.9 Å². The molecule has 1 aromatic rings. The first-order valence-electron chi connectivity index (χ1n) is 6.53. The van der Waals surface area contributed by atoms with Crippen molar-refractivity contribution in [1.82, 2.24) is 5.32 Å². The molecule has 5 heteroatoms. The summed E-state index contributed by atoms with van der Waals surface area (Å²) in [5, 5.41) is 3.14. The highest BCUT2D eigenvalue weighted by Crippen LogP contribution is 2.51. The van der Waals surface area contributed by atoms with E-state index in [2.05, 4.69) is 10.3 Å². The van der Waals surface area contributed by atoms with Crippen LogP contribution in [0.25, 0.3) is 0 Å². The Morgan fingerprint density at radius 2 is 2.00 bits per heavy atom. The third-order valence-electron chi connectivity index (χ3n) is 3.86. The van der Waals surface area contributed by atoms with Crippen molar-refractivity contribution in [2.75, 3.05) is 0 Å². The molecule has 3 rings (SSSR count). The van der Waals surface area contributed by atoms with E-state index in [0.717, 1.165) is 12.8 Å². The van der Waals surface area contributed by atoms with Crippen LogP contribution in [0.1, 0.15) is 31.2 Å². The summed E-state index contributed by atoms with van der Waals surface area (Å²) in [4.78, 5) is 4.25. The Kier molecular flexibility index (Phi) is 4.32. The molecule has 3 N–H and O–H groups in total. The summed E-state index contributed by atoms with van der Waals surface area (Å²) in [6, 6.07) is 9.33. The maximum atomic E-state index is 14.5. The van der Waals surface area contributed by atoms with Crippen LogP contribution >= 0.6 is 24.0 Å². The number of aliphatic imine (C=N–C) groups is 1. The molecule has 2 aliphatic rings. The standard InChI is InChI=1S/C14H18FN3.HI/c15-14(10-5-2-1-3-6-10)9-12(14)18-13(16)17-11-7-4-8-11;/h1-3,5-6,11-12H,4,7-9H2,(H3,16,17,18);1H. The molecule has 19 heavy (non-hydrogen) atoms. The van der Waals surface area contributed by atoms with Gasteiger partial charge in [-0.2, -0.15) is 0 Å². The number of nitrogens with zero attached hydrogens (tertiary/aromatic N) is 1. The van der Waals surface area contributed by atoms with E-state index < -0.39 is 5.67 Å². The Morgan fingerprint density at radius 1 is 1.32 bits per heavy atom. The molecule has 1 aromatic carbocycles. The van der Waals surface area contributed by atoms with Gasteiger partial charge in [0.2, 0.25) is 0 Å². The average molecular weight is 375 g/mol. The van der Waals surface area contributed by atoms with Crippen LogP contribution in [0.15, 0.2) is 35.3 Å². The number of nitrogens with two attached hydrogens (primary N) is 1. The van der Waals surface area contributed by atoms with Gasteiger partial charge in [0.25, 0.3) is 0 Å². The molecule has 0 aromatic heterocycles.